The molecule has 1 heterocycles. The molecule has 1 saturated heterocycles. The van der Waals surface area contributed by atoms with Crippen LogP contribution >= 0.6 is 0 Å². The second-order valence-corrected chi connectivity index (χ2v) is 9.86. The van der Waals surface area contributed by atoms with Crippen LogP contribution in [-0.2, 0) is 14.4 Å². The molecule has 2 amide bonds. The molecule has 1 aliphatic carbocycles. The molecule has 2 aliphatic rings. The lowest BCUT2D eigenvalue weighted by atomic mass is 9.89. The highest BCUT2D eigenvalue weighted by Crippen LogP contribution is 2.34. The number of hydrogen-bond acceptors (Lipinski definition) is 4. The lowest BCUT2D eigenvalue weighted by Crippen LogP contribution is -2.30. The second kappa shape index (κ2) is 16.0. The van der Waals surface area contributed by atoms with Crippen LogP contribution in [0.1, 0.15) is 103 Å². The number of carbonyl (C=O) groups is 3. The van der Waals surface area contributed by atoms with Gasteiger partial charge in [0.25, 0.3) is 0 Å². The average molecular weight is 463 g/mol. The molecule has 0 unspecified atom stereocenters. The van der Waals surface area contributed by atoms with Crippen LogP contribution in [0.5, 0.6) is 0 Å². The van der Waals surface area contributed by atoms with Crippen LogP contribution in [0.2, 0.25) is 0 Å². The maximum Gasteiger partial charge on any atom is 0.222 e. The van der Waals surface area contributed by atoms with Gasteiger partial charge in [0.15, 0.2) is 0 Å². The van der Waals surface area contributed by atoms with E-state index >= 15 is 0 Å². The number of amides is 2. The van der Waals surface area contributed by atoms with Crippen molar-refractivity contribution in [1.29, 1.82) is 0 Å². The number of ketones is 1. The minimum Gasteiger partial charge on any atom is -0.389 e. The van der Waals surface area contributed by atoms with Gasteiger partial charge in [-0.1, -0.05) is 57.6 Å². The monoisotopic (exact) mass is 462 g/mol. The van der Waals surface area contributed by atoms with Crippen molar-refractivity contribution in [3.05, 3.63) is 12.2 Å². The zero-order valence-electron chi connectivity index (χ0n) is 20.7. The predicted octanol–water partition coefficient (Wildman–Crippen LogP) is 4.55. The minimum atomic E-state index is -0.387. The van der Waals surface area contributed by atoms with Crippen LogP contribution in [0.25, 0.3) is 0 Å². The Hall–Kier alpha value is -1.69. The van der Waals surface area contributed by atoms with E-state index in [1.807, 2.05) is 11.0 Å². The van der Waals surface area contributed by atoms with Crippen LogP contribution in [0, 0.1) is 11.8 Å². The Balaban J connectivity index is 1.51. The molecule has 0 aromatic heterocycles. The maximum atomic E-state index is 12.3. The molecule has 33 heavy (non-hydrogen) atoms. The van der Waals surface area contributed by atoms with Gasteiger partial charge in [-0.15, -0.1) is 0 Å². The topological polar surface area (TPSA) is 86.7 Å². The summed E-state index contributed by atoms with van der Waals surface area (Å²) in [4.78, 5) is 37.7. The van der Waals surface area contributed by atoms with Crippen LogP contribution in [-0.4, -0.2) is 53.3 Å². The molecule has 2 rings (SSSR count). The molecule has 1 saturated carbocycles. The summed E-state index contributed by atoms with van der Waals surface area (Å²) in [5, 5.41) is 13.1. The molecule has 0 bridgehead atoms. The van der Waals surface area contributed by atoms with E-state index in [2.05, 4.69) is 18.3 Å². The number of hydrogen-bond donors (Lipinski definition) is 2. The van der Waals surface area contributed by atoms with Crippen molar-refractivity contribution >= 4 is 17.6 Å². The Morgan fingerprint density at radius 3 is 2.70 bits per heavy atom. The number of likely N-dealkylation sites (tertiary alicyclic amines) is 1. The highest BCUT2D eigenvalue weighted by Gasteiger charge is 2.32. The zero-order chi connectivity index (χ0) is 23.9. The first-order chi connectivity index (χ1) is 16.0. The molecule has 2 N–H and O–H groups in total. The molecular formula is C27H46N2O4. The van der Waals surface area contributed by atoms with Gasteiger partial charge >= 0.3 is 0 Å². The highest BCUT2D eigenvalue weighted by molar-refractivity contribution is 5.83. The van der Waals surface area contributed by atoms with Gasteiger partial charge in [-0.05, 0) is 44.4 Å². The maximum absolute atomic E-state index is 12.3. The summed E-state index contributed by atoms with van der Waals surface area (Å²) >= 11 is 0. The van der Waals surface area contributed by atoms with E-state index in [0.29, 0.717) is 31.6 Å². The summed E-state index contributed by atoms with van der Waals surface area (Å²) in [5.74, 6) is 1.09. The van der Waals surface area contributed by atoms with E-state index in [1.165, 1.54) is 0 Å². The SMILES string of the molecule is CCCCC[C@@H](O)C=C[C@H]1CCC(=O)[C@@H]1CCCCCCC(=O)NCCCN1CCCC1=O. The van der Waals surface area contributed by atoms with Gasteiger partial charge in [-0.2, -0.15) is 0 Å². The van der Waals surface area contributed by atoms with Crippen LogP contribution in [0.4, 0.5) is 0 Å². The normalized spacial score (nSPS) is 21.9. The van der Waals surface area contributed by atoms with Gasteiger partial charge in [0.1, 0.15) is 5.78 Å². The van der Waals surface area contributed by atoms with Crippen LogP contribution in [0.3, 0.4) is 0 Å². The smallest absolute Gasteiger partial charge is 0.222 e. The van der Waals surface area contributed by atoms with Crippen LogP contribution in [0.15, 0.2) is 12.2 Å². The van der Waals surface area contributed by atoms with Gasteiger partial charge in [0.05, 0.1) is 6.10 Å². The number of rotatable bonds is 17. The molecule has 6 heteroatoms. The number of nitrogens with zero attached hydrogens (tertiary/aromatic N) is 1. The van der Waals surface area contributed by atoms with Crippen molar-refractivity contribution < 1.29 is 19.5 Å². The molecule has 6 nitrogen and oxygen atoms in total. The fourth-order valence-corrected chi connectivity index (χ4v) is 5.04. The van der Waals surface area contributed by atoms with Crippen molar-refractivity contribution in [1.82, 2.24) is 10.2 Å². The first kappa shape index (κ1) is 27.6. The van der Waals surface area contributed by atoms with Crippen molar-refractivity contribution in [2.45, 2.75) is 109 Å². The lowest BCUT2D eigenvalue weighted by molar-refractivity contribution is -0.127. The summed E-state index contributed by atoms with van der Waals surface area (Å²) in [5.41, 5.74) is 0. The molecule has 0 aromatic rings. The Morgan fingerprint density at radius 1 is 1.12 bits per heavy atom. The van der Waals surface area contributed by atoms with E-state index in [9.17, 15) is 19.5 Å². The molecule has 1 aliphatic heterocycles. The molecule has 2 fully saturated rings. The van der Waals surface area contributed by atoms with E-state index in [-0.39, 0.29) is 29.8 Å². The third-order valence-corrected chi connectivity index (χ3v) is 7.11. The van der Waals surface area contributed by atoms with E-state index in [4.69, 9.17) is 0 Å². The summed E-state index contributed by atoms with van der Waals surface area (Å²) in [6, 6.07) is 0. The third-order valence-electron chi connectivity index (χ3n) is 7.11. The van der Waals surface area contributed by atoms with E-state index in [0.717, 1.165) is 90.1 Å². The predicted molar refractivity (Wildman–Crippen MR) is 132 cm³/mol. The fraction of sp³-hybridized carbons (Fsp3) is 0.815. The zero-order valence-corrected chi connectivity index (χ0v) is 20.7. The van der Waals surface area contributed by atoms with Crippen molar-refractivity contribution in [2.24, 2.45) is 11.8 Å². The standard InChI is InChI=1S/C27H46N2O4/c1-2-3-6-11-23(30)17-15-22-16-18-25(31)24(22)12-7-4-5-8-13-26(32)28-19-10-21-29-20-9-14-27(29)33/h15,17,22-24,30H,2-14,16,18-21H2,1H3,(H,28,32)/t22-,23+,24+/m0/s1. The molecule has 0 aromatic carbocycles. The van der Waals surface area contributed by atoms with Gasteiger partial charge in [0.2, 0.25) is 11.8 Å². The van der Waals surface area contributed by atoms with Gasteiger partial charge in [-0.25, -0.2) is 0 Å². The van der Waals surface area contributed by atoms with E-state index in [1.54, 1.807) is 0 Å². The first-order valence-corrected chi connectivity index (χ1v) is 13.4. The van der Waals surface area contributed by atoms with Crippen LogP contribution < -0.4 is 5.32 Å². The summed E-state index contributed by atoms with van der Waals surface area (Å²) in [6.45, 7) is 4.40. The Bertz CT molecular complexity index is 634. The Morgan fingerprint density at radius 2 is 1.94 bits per heavy atom. The molecular weight excluding hydrogens is 416 g/mol. The quantitative estimate of drug-likeness (QED) is 0.245. The average Bonchev–Trinajstić information content (AvgIpc) is 3.37. The number of nitrogens with one attached hydrogen (secondary N) is 1. The number of aliphatic hydroxyl groups is 1. The Kier molecular flexibility index (Phi) is 13.4. The van der Waals surface area contributed by atoms with Gasteiger partial charge < -0.3 is 15.3 Å². The number of unbranched alkanes of at least 4 members (excludes halogenated alkanes) is 5. The number of Topliss-reactive ketones (excluding diaryl/α,β-unsaturated/α-hetero) is 1. The van der Waals surface area contributed by atoms with Gasteiger partial charge in [-0.3, -0.25) is 14.4 Å². The van der Waals surface area contributed by atoms with Crippen molar-refractivity contribution in [3.8, 4) is 0 Å². The van der Waals surface area contributed by atoms with Crippen molar-refractivity contribution in [2.75, 3.05) is 19.6 Å². The molecule has 0 radical (unpaired) electrons. The minimum absolute atomic E-state index is 0.0939. The number of carbonyl (C=O) groups excluding carboxylic acids is 3. The summed E-state index contributed by atoms with van der Waals surface area (Å²) in [7, 11) is 0. The highest BCUT2D eigenvalue weighted by atomic mass is 16.3. The summed E-state index contributed by atoms with van der Waals surface area (Å²) in [6.07, 6.45) is 17.2. The first-order valence-electron chi connectivity index (χ1n) is 13.4. The van der Waals surface area contributed by atoms with Crippen molar-refractivity contribution in [3.63, 3.8) is 0 Å². The third kappa shape index (κ3) is 10.9. The van der Waals surface area contributed by atoms with E-state index < -0.39 is 0 Å². The largest absolute Gasteiger partial charge is 0.389 e. The molecule has 3 atom stereocenters. The second-order valence-electron chi connectivity index (χ2n) is 9.86. The lowest BCUT2D eigenvalue weighted by Gasteiger charge is -2.16. The van der Waals surface area contributed by atoms with Gasteiger partial charge in [0, 0.05) is 44.8 Å². The Labute approximate surface area is 200 Å². The number of aliphatic hydroxyl groups excluding tert-OH is 1. The molecule has 188 valence electrons. The molecule has 0 spiro atoms. The summed E-state index contributed by atoms with van der Waals surface area (Å²) < 4.78 is 0. The number of allylic oxidation sites excluding steroid dienone is 1. The fourth-order valence-electron chi connectivity index (χ4n) is 5.04.